The van der Waals surface area contributed by atoms with Crippen LogP contribution in [0.5, 0.6) is 11.5 Å². The van der Waals surface area contributed by atoms with Crippen LogP contribution in [0.25, 0.3) is 16.5 Å². The Kier molecular flexibility index (Phi) is 5.54. The summed E-state index contributed by atoms with van der Waals surface area (Å²) in [6.07, 6.45) is -1.73. The zero-order chi connectivity index (χ0) is 21.2. The molecule has 0 aliphatic rings. The van der Waals surface area contributed by atoms with Crippen LogP contribution < -0.4 is 14.8 Å². The molecule has 29 heavy (non-hydrogen) atoms. The van der Waals surface area contributed by atoms with Gasteiger partial charge in [0.2, 0.25) is 5.91 Å². The molecule has 2 aromatic carbocycles. The Labute approximate surface area is 164 Å². The van der Waals surface area contributed by atoms with Crippen molar-refractivity contribution >= 4 is 28.1 Å². The molecule has 3 aromatic rings. The number of halogens is 3. The number of fused-ring (bicyclic) bond motifs is 1. The highest BCUT2D eigenvalue weighted by Gasteiger charge is 2.30. The van der Waals surface area contributed by atoms with Crippen LogP contribution in [-0.2, 0) is 4.79 Å². The van der Waals surface area contributed by atoms with Gasteiger partial charge in [0.25, 0.3) is 0 Å². The Hall–Kier alpha value is -3.42. The number of ether oxygens (including phenoxy) is 2. The molecule has 0 aliphatic heterocycles. The van der Waals surface area contributed by atoms with Crippen LogP contribution in [0, 0.1) is 6.92 Å². The number of methoxy groups -OCH3 is 1. The summed E-state index contributed by atoms with van der Waals surface area (Å²) in [5.41, 5.74) is 3.36. The van der Waals surface area contributed by atoms with E-state index in [-0.39, 0.29) is 5.75 Å². The van der Waals surface area contributed by atoms with Crippen molar-refractivity contribution in [3.05, 3.63) is 59.9 Å². The summed E-state index contributed by atoms with van der Waals surface area (Å²) in [6.45, 7) is 3.68. The van der Waals surface area contributed by atoms with Crippen molar-refractivity contribution in [3.8, 4) is 11.5 Å². The average molecular weight is 405 g/mol. The van der Waals surface area contributed by atoms with E-state index < -0.39 is 12.3 Å². The molecule has 152 valence electrons. The van der Waals surface area contributed by atoms with Crippen molar-refractivity contribution in [1.82, 2.24) is 0 Å². The lowest BCUT2D eigenvalue weighted by atomic mass is 10.0. The molecule has 0 aliphatic carbocycles. The molecule has 5 nitrogen and oxygen atoms in total. The van der Waals surface area contributed by atoms with Gasteiger partial charge in [0.05, 0.1) is 13.4 Å². The molecule has 0 spiro atoms. The van der Waals surface area contributed by atoms with E-state index in [2.05, 4.69) is 10.1 Å². The van der Waals surface area contributed by atoms with Crippen LogP contribution in [0.2, 0.25) is 0 Å². The highest BCUT2D eigenvalue weighted by atomic mass is 19.4. The summed E-state index contributed by atoms with van der Waals surface area (Å²) in [4.78, 5) is 12.3. The van der Waals surface area contributed by atoms with Gasteiger partial charge >= 0.3 is 6.36 Å². The number of hydrogen-bond acceptors (Lipinski definition) is 4. The number of aryl methyl sites for hydroxylation is 1. The Bertz CT molecular complexity index is 1070. The minimum absolute atomic E-state index is 0.335. The number of benzene rings is 2. The molecule has 1 amide bonds. The van der Waals surface area contributed by atoms with E-state index in [4.69, 9.17) is 9.15 Å². The fourth-order valence-electron chi connectivity index (χ4n) is 2.85. The van der Waals surface area contributed by atoms with Crippen LogP contribution in [-0.4, -0.2) is 19.4 Å². The summed E-state index contributed by atoms with van der Waals surface area (Å²) >= 11 is 0. The van der Waals surface area contributed by atoms with E-state index in [1.807, 2.05) is 13.0 Å². The molecule has 0 atom stereocenters. The van der Waals surface area contributed by atoms with Gasteiger partial charge in [-0.1, -0.05) is 0 Å². The summed E-state index contributed by atoms with van der Waals surface area (Å²) < 4.78 is 51.3. The van der Waals surface area contributed by atoms with Crippen LogP contribution in [0.15, 0.2) is 53.2 Å². The first kappa shape index (κ1) is 20.3. The average Bonchev–Trinajstić information content (AvgIpc) is 3.01. The van der Waals surface area contributed by atoms with Crippen molar-refractivity contribution < 1.29 is 31.9 Å². The summed E-state index contributed by atoms with van der Waals surface area (Å²) in [7, 11) is 1.53. The Morgan fingerprint density at radius 2 is 1.86 bits per heavy atom. The first-order chi connectivity index (χ1) is 13.7. The van der Waals surface area contributed by atoms with Crippen molar-refractivity contribution in [1.29, 1.82) is 0 Å². The van der Waals surface area contributed by atoms with Gasteiger partial charge in [0, 0.05) is 28.8 Å². The SMILES string of the molecule is COc1cc2occ(C)c2cc1/C(C)=C/C(=O)Nc1ccc(OC(F)(F)F)cc1. The summed E-state index contributed by atoms with van der Waals surface area (Å²) in [5, 5.41) is 3.51. The van der Waals surface area contributed by atoms with Gasteiger partial charge in [-0.3, -0.25) is 4.79 Å². The second-order valence-electron chi connectivity index (χ2n) is 6.36. The van der Waals surface area contributed by atoms with Gasteiger partial charge in [-0.15, -0.1) is 13.2 Å². The minimum Gasteiger partial charge on any atom is -0.496 e. The van der Waals surface area contributed by atoms with Gasteiger partial charge < -0.3 is 19.2 Å². The maximum Gasteiger partial charge on any atom is 0.573 e. The highest BCUT2D eigenvalue weighted by molar-refractivity contribution is 6.04. The molecule has 0 fully saturated rings. The van der Waals surface area contributed by atoms with Crippen molar-refractivity contribution in [2.45, 2.75) is 20.2 Å². The number of amides is 1. The minimum atomic E-state index is -4.77. The van der Waals surface area contributed by atoms with Gasteiger partial charge in [-0.05, 0) is 55.3 Å². The maximum atomic E-state index is 12.3. The van der Waals surface area contributed by atoms with Crippen LogP contribution in [0.1, 0.15) is 18.1 Å². The molecule has 0 bridgehead atoms. The number of carbonyl (C=O) groups is 1. The molecule has 0 unspecified atom stereocenters. The van der Waals surface area contributed by atoms with E-state index >= 15 is 0 Å². The fraction of sp³-hybridized carbons (Fsp3) is 0.190. The molecule has 3 rings (SSSR count). The van der Waals surface area contributed by atoms with Crippen molar-refractivity contribution in [2.24, 2.45) is 0 Å². The standard InChI is InChI=1S/C21H18F3NO4/c1-12(16-9-17-13(2)11-28-19(17)10-18(16)27-3)8-20(26)25-14-4-6-15(7-5-14)29-21(22,23)24/h4-11H,1-3H3,(H,25,26)/b12-8+. The second kappa shape index (κ2) is 7.90. The molecule has 0 saturated carbocycles. The normalized spacial score (nSPS) is 12.1. The topological polar surface area (TPSA) is 60.7 Å². The smallest absolute Gasteiger partial charge is 0.496 e. The first-order valence-electron chi connectivity index (χ1n) is 8.57. The zero-order valence-electron chi connectivity index (χ0n) is 15.9. The molecular formula is C21H18F3NO4. The predicted molar refractivity (Wildman–Crippen MR) is 103 cm³/mol. The number of furan rings is 1. The third-order valence-corrected chi connectivity index (χ3v) is 4.22. The largest absolute Gasteiger partial charge is 0.573 e. The van der Waals surface area contributed by atoms with Crippen molar-refractivity contribution in [3.63, 3.8) is 0 Å². The molecule has 1 aromatic heterocycles. The number of carbonyl (C=O) groups excluding carboxylic acids is 1. The quantitative estimate of drug-likeness (QED) is 0.554. The number of nitrogens with one attached hydrogen (secondary N) is 1. The second-order valence-corrected chi connectivity index (χ2v) is 6.36. The third-order valence-electron chi connectivity index (χ3n) is 4.22. The van der Waals surface area contributed by atoms with E-state index in [0.29, 0.717) is 22.6 Å². The van der Waals surface area contributed by atoms with E-state index in [1.54, 1.807) is 19.3 Å². The molecule has 8 heteroatoms. The number of rotatable bonds is 5. The van der Waals surface area contributed by atoms with E-state index in [9.17, 15) is 18.0 Å². The Morgan fingerprint density at radius 1 is 1.17 bits per heavy atom. The molecule has 0 radical (unpaired) electrons. The van der Waals surface area contributed by atoms with Gasteiger partial charge in [-0.2, -0.15) is 0 Å². The number of allylic oxidation sites excluding steroid dienone is 1. The lowest BCUT2D eigenvalue weighted by Gasteiger charge is -2.11. The van der Waals surface area contributed by atoms with E-state index in [1.165, 1.54) is 25.3 Å². The summed E-state index contributed by atoms with van der Waals surface area (Å²) in [6, 6.07) is 8.53. The molecular weight excluding hydrogens is 387 g/mol. The van der Waals surface area contributed by atoms with Gasteiger partial charge in [0.1, 0.15) is 17.1 Å². The van der Waals surface area contributed by atoms with Gasteiger partial charge in [-0.25, -0.2) is 0 Å². The van der Waals surface area contributed by atoms with Crippen molar-refractivity contribution in [2.75, 3.05) is 12.4 Å². The maximum absolute atomic E-state index is 12.3. The number of hydrogen-bond donors (Lipinski definition) is 1. The Morgan fingerprint density at radius 3 is 2.48 bits per heavy atom. The predicted octanol–water partition coefficient (Wildman–Crippen LogP) is 5.69. The third kappa shape index (κ3) is 4.90. The van der Waals surface area contributed by atoms with E-state index in [0.717, 1.165) is 28.6 Å². The first-order valence-corrected chi connectivity index (χ1v) is 8.57. The summed E-state index contributed by atoms with van der Waals surface area (Å²) in [5.74, 6) is -0.240. The lowest BCUT2D eigenvalue weighted by molar-refractivity contribution is -0.274. The number of alkyl halides is 3. The van der Waals surface area contributed by atoms with Gasteiger partial charge in [0.15, 0.2) is 0 Å². The van der Waals surface area contributed by atoms with Crippen LogP contribution in [0.4, 0.5) is 18.9 Å². The lowest BCUT2D eigenvalue weighted by Crippen LogP contribution is -2.17. The monoisotopic (exact) mass is 405 g/mol. The molecule has 1 N–H and O–H groups in total. The molecule has 0 saturated heterocycles. The van der Waals surface area contributed by atoms with Crippen LogP contribution in [0.3, 0.4) is 0 Å². The molecule has 1 heterocycles. The Balaban J connectivity index is 1.78. The highest BCUT2D eigenvalue weighted by Crippen LogP contribution is 2.33. The number of anilines is 1. The van der Waals surface area contributed by atoms with Crippen LogP contribution >= 0.6 is 0 Å². The fourth-order valence-corrected chi connectivity index (χ4v) is 2.85. The zero-order valence-corrected chi connectivity index (χ0v) is 15.9.